The summed E-state index contributed by atoms with van der Waals surface area (Å²) in [6, 6.07) is 12.4. The van der Waals surface area contributed by atoms with Gasteiger partial charge in [0.05, 0.1) is 48.7 Å². The van der Waals surface area contributed by atoms with Gasteiger partial charge in [-0.1, -0.05) is 43.2 Å². The smallest absolute Gasteiger partial charge is 0.410 e. The van der Waals surface area contributed by atoms with Gasteiger partial charge in [0.25, 0.3) is 11.8 Å². The second kappa shape index (κ2) is 13.1. The first-order valence-corrected chi connectivity index (χ1v) is 16.1. The standard InChI is InChI=1S/C34H38N8O5/c1-40(2)32(44)30-28(22-10-6-7-11-22)29-26(37-30)15-36-33(39-29)38-27-13-12-23(14-35-27)31(43)41-16-24-19-46-20-25(17-41)42(24)34(45)47-18-21-8-4-3-5-9-21/h3-5,8-9,12-15,22,24-25,28H,6-7,10-11,16-20H2,1-2H3,(H,35,36,38,39). The van der Waals surface area contributed by atoms with Gasteiger partial charge in [0.1, 0.15) is 23.8 Å². The van der Waals surface area contributed by atoms with E-state index in [4.69, 9.17) is 14.5 Å². The third-order valence-electron chi connectivity index (χ3n) is 9.35. The molecule has 3 unspecified atom stereocenters. The monoisotopic (exact) mass is 638 g/mol. The lowest BCUT2D eigenvalue weighted by atomic mass is 9.84. The third-order valence-corrected chi connectivity index (χ3v) is 9.35. The Labute approximate surface area is 273 Å². The summed E-state index contributed by atoms with van der Waals surface area (Å²) in [6.07, 6.45) is 7.13. The van der Waals surface area contributed by atoms with Gasteiger partial charge in [0, 0.05) is 33.4 Å². The molecule has 1 saturated carbocycles. The van der Waals surface area contributed by atoms with E-state index in [1.807, 2.05) is 30.3 Å². The molecule has 0 radical (unpaired) electrons. The first-order chi connectivity index (χ1) is 22.9. The SMILES string of the molecule is CN(C)C(=O)C1=Nc2cnc(Nc3ccc(C(=O)N4CC5COCC(C4)N5C(=O)OCc4ccccc4)cn3)nc2C1C1CCCC1. The molecule has 5 heterocycles. The fourth-order valence-electron chi connectivity index (χ4n) is 7.05. The first-order valence-electron chi connectivity index (χ1n) is 16.1. The van der Waals surface area contributed by atoms with Gasteiger partial charge in [-0.25, -0.2) is 24.7 Å². The van der Waals surface area contributed by atoms with E-state index in [1.54, 1.807) is 47.1 Å². The zero-order chi connectivity index (χ0) is 32.5. The van der Waals surface area contributed by atoms with Crippen LogP contribution in [-0.4, -0.2) is 106 Å². The van der Waals surface area contributed by atoms with Crippen molar-refractivity contribution in [1.29, 1.82) is 0 Å². The van der Waals surface area contributed by atoms with E-state index in [0.29, 0.717) is 60.9 Å². The highest BCUT2D eigenvalue weighted by Gasteiger charge is 2.44. The summed E-state index contributed by atoms with van der Waals surface area (Å²) < 4.78 is 11.3. The molecule has 4 aliphatic rings. The Balaban J connectivity index is 0.999. The maximum Gasteiger partial charge on any atom is 0.410 e. The summed E-state index contributed by atoms with van der Waals surface area (Å²) in [7, 11) is 3.48. The molecule has 2 saturated heterocycles. The van der Waals surface area contributed by atoms with E-state index in [0.717, 1.165) is 36.9 Å². The number of piperazine rings is 1. The van der Waals surface area contributed by atoms with Crippen molar-refractivity contribution in [1.82, 2.24) is 29.7 Å². The van der Waals surface area contributed by atoms with Crippen molar-refractivity contribution in [2.24, 2.45) is 10.9 Å². The van der Waals surface area contributed by atoms with Crippen LogP contribution in [0, 0.1) is 5.92 Å². The minimum Gasteiger partial charge on any atom is -0.445 e. The van der Waals surface area contributed by atoms with Crippen LogP contribution in [0.25, 0.3) is 0 Å². The van der Waals surface area contributed by atoms with Gasteiger partial charge < -0.3 is 24.6 Å². The third kappa shape index (κ3) is 6.27. The Hall–Kier alpha value is -4.91. The zero-order valence-corrected chi connectivity index (χ0v) is 26.5. The number of pyridine rings is 1. The molecule has 3 aliphatic heterocycles. The van der Waals surface area contributed by atoms with Gasteiger partial charge in [-0.3, -0.25) is 14.5 Å². The summed E-state index contributed by atoms with van der Waals surface area (Å²) in [5.41, 5.74) is 3.28. The number of morpholine rings is 1. The van der Waals surface area contributed by atoms with Gasteiger partial charge in [-0.05, 0) is 36.5 Å². The van der Waals surface area contributed by atoms with Gasteiger partial charge in [-0.15, -0.1) is 0 Å². The van der Waals surface area contributed by atoms with Crippen LogP contribution < -0.4 is 5.32 Å². The average Bonchev–Trinajstić information content (AvgIpc) is 3.75. The van der Waals surface area contributed by atoms with Crippen LogP contribution in [0.15, 0.2) is 59.9 Å². The van der Waals surface area contributed by atoms with Crippen LogP contribution in [0.3, 0.4) is 0 Å². The van der Waals surface area contributed by atoms with Crippen molar-refractivity contribution in [2.75, 3.05) is 45.7 Å². The summed E-state index contributed by atoms with van der Waals surface area (Å²) in [4.78, 5) is 63.0. The second-order valence-corrected chi connectivity index (χ2v) is 12.7. The van der Waals surface area contributed by atoms with Crippen molar-refractivity contribution < 1.29 is 23.9 Å². The van der Waals surface area contributed by atoms with E-state index in [9.17, 15) is 14.4 Å². The minimum absolute atomic E-state index is 0.100. The first kappa shape index (κ1) is 30.7. The molecular formula is C34H38N8O5. The number of rotatable bonds is 7. The molecule has 13 nitrogen and oxygen atoms in total. The number of anilines is 2. The highest BCUT2D eigenvalue weighted by molar-refractivity contribution is 6.42. The van der Waals surface area contributed by atoms with Crippen molar-refractivity contribution >= 4 is 41.1 Å². The fourth-order valence-corrected chi connectivity index (χ4v) is 7.05. The number of nitrogens with zero attached hydrogens (tertiary/aromatic N) is 7. The van der Waals surface area contributed by atoms with Crippen LogP contribution >= 0.6 is 0 Å². The van der Waals surface area contributed by atoms with Crippen molar-refractivity contribution in [3.05, 3.63) is 71.7 Å². The van der Waals surface area contributed by atoms with Crippen LogP contribution in [0.5, 0.6) is 0 Å². The maximum atomic E-state index is 13.5. The molecule has 3 amide bonds. The number of amides is 3. The molecule has 7 rings (SSSR count). The number of hydrogen-bond acceptors (Lipinski definition) is 10. The fraction of sp³-hybridized carbons (Fsp3) is 0.441. The molecule has 1 aromatic carbocycles. The Morgan fingerprint density at radius 3 is 2.40 bits per heavy atom. The van der Waals surface area contributed by atoms with Crippen molar-refractivity contribution in [3.63, 3.8) is 0 Å². The number of nitrogens with one attached hydrogen (secondary N) is 1. The number of carbonyl (C=O) groups excluding carboxylic acids is 3. The van der Waals surface area contributed by atoms with Crippen molar-refractivity contribution in [2.45, 2.75) is 50.3 Å². The molecule has 244 valence electrons. The molecule has 2 aromatic heterocycles. The number of aliphatic imine (C=N–C) groups is 1. The molecule has 3 aromatic rings. The predicted molar refractivity (Wildman–Crippen MR) is 173 cm³/mol. The Bertz CT molecular complexity index is 1660. The Morgan fingerprint density at radius 2 is 1.72 bits per heavy atom. The van der Waals surface area contributed by atoms with Gasteiger partial charge in [0.2, 0.25) is 5.95 Å². The van der Waals surface area contributed by atoms with Crippen molar-refractivity contribution in [3.8, 4) is 0 Å². The topological polar surface area (TPSA) is 142 Å². The molecule has 13 heteroatoms. The highest BCUT2D eigenvalue weighted by Crippen LogP contribution is 2.45. The molecule has 47 heavy (non-hydrogen) atoms. The largest absolute Gasteiger partial charge is 0.445 e. The molecule has 1 aliphatic carbocycles. The Morgan fingerprint density at radius 1 is 0.979 bits per heavy atom. The van der Waals surface area contributed by atoms with Crippen LogP contribution in [0.2, 0.25) is 0 Å². The van der Waals surface area contributed by atoms with E-state index in [2.05, 4.69) is 20.3 Å². The quantitative estimate of drug-likeness (QED) is 0.407. The molecular weight excluding hydrogens is 600 g/mol. The lowest BCUT2D eigenvalue weighted by Gasteiger charge is -2.48. The summed E-state index contributed by atoms with van der Waals surface area (Å²) in [5, 5.41) is 3.15. The van der Waals surface area contributed by atoms with Crippen LogP contribution in [0.1, 0.15) is 53.2 Å². The lowest BCUT2D eigenvalue weighted by molar-refractivity contribution is -0.122. The summed E-state index contributed by atoms with van der Waals surface area (Å²) in [5.74, 6) is 0.736. The molecule has 3 fully saturated rings. The number of fused-ring (bicyclic) bond motifs is 3. The van der Waals surface area contributed by atoms with Gasteiger partial charge in [0.15, 0.2) is 0 Å². The second-order valence-electron chi connectivity index (χ2n) is 12.7. The summed E-state index contributed by atoms with van der Waals surface area (Å²) >= 11 is 0. The van der Waals surface area contributed by atoms with Crippen LogP contribution in [-0.2, 0) is 20.9 Å². The molecule has 1 N–H and O–H groups in total. The maximum absolute atomic E-state index is 13.5. The highest BCUT2D eigenvalue weighted by atomic mass is 16.6. The van der Waals surface area contributed by atoms with E-state index in [1.165, 1.54) is 6.20 Å². The number of ether oxygens (including phenoxy) is 2. The Kier molecular flexibility index (Phi) is 8.54. The molecule has 0 spiro atoms. The van der Waals surface area contributed by atoms with Gasteiger partial charge in [-0.2, -0.15) is 0 Å². The van der Waals surface area contributed by atoms with Crippen LogP contribution in [0.4, 0.5) is 22.2 Å². The molecule has 2 bridgehead atoms. The number of hydrogen-bond donors (Lipinski definition) is 1. The molecule has 3 atom stereocenters. The van der Waals surface area contributed by atoms with E-state index in [-0.39, 0.29) is 36.4 Å². The lowest BCUT2D eigenvalue weighted by Crippen LogP contribution is -2.66. The average molecular weight is 639 g/mol. The summed E-state index contributed by atoms with van der Waals surface area (Å²) in [6.45, 7) is 1.52. The number of aromatic nitrogens is 3. The van der Waals surface area contributed by atoms with E-state index < -0.39 is 6.09 Å². The minimum atomic E-state index is -0.397. The predicted octanol–water partition coefficient (Wildman–Crippen LogP) is 3.93. The number of carbonyl (C=O) groups is 3. The van der Waals surface area contributed by atoms with E-state index >= 15 is 0 Å². The normalized spacial score (nSPS) is 22.0. The number of benzene rings is 1. The zero-order valence-electron chi connectivity index (χ0n) is 26.5. The van der Waals surface area contributed by atoms with Gasteiger partial charge >= 0.3 is 6.09 Å².